The zero-order valence-corrected chi connectivity index (χ0v) is 10.2. The van der Waals surface area contributed by atoms with Crippen LogP contribution in [0, 0.1) is 0 Å². The Morgan fingerprint density at radius 1 is 1.12 bits per heavy atom. The van der Waals surface area contributed by atoms with E-state index in [4.69, 9.17) is 4.74 Å². The van der Waals surface area contributed by atoms with E-state index in [1.807, 2.05) is 24.3 Å². The predicted molar refractivity (Wildman–Crippen MR) is 66.0 cm³/mol. The van der Waals surface area contributed by atoms with Gasteiger partial charge in [0.25, 0.3) is 0 Å². The van der Waals surface area contributed by atoms with Gasteiger partial charge in [0.15, 0.2) is 0 Å². The quantitative estimate of drug-likeness (QED) is 0.847. The molecule has 1 saturated carbocycles. The van der Waals surface area contributed by atoms with Gasteiger partial charge in [-0.25, -0.2) is 0 Å². The van der Waals surface area contributed by atoms with E-state index in [2.05, 4.69) is 0 Å². The fourth-order valence-electron chi connectivity index (χ4n) is 2.53. The normalized spacial score (nSPS) is 20.9. The molecule has 1 aliphatic carbocycles. The lowest BCUT2D eigenvalue weighted by atomic mass is 9.78. The van der Waals surface area contributed by atoms with Crippen LogP contribution in [0.3, 0.4) is 0 Å². The molecule has 1 atom stereocenters. The highest BCUT2D eigenvalue weighted by atomic mass is 16.5. The number of benzene rings is 1. The summed E-state index contributed by atoms with van der Waals surface area (Å²) in [4.78, 5) is 0. The summed E-state index contributed by atoms with van der Waals surface area (Å²) in [6.07, 6.45) is 3.69. The van der Waals surface area contributed by atoms with Crippen molar-refractivity contribution >= 4 is 0 Å². The van der Waals surface area contributed by atoms with E-state index >= 15 is 0 Å². The van der Waals surface area contributed by atoms with Gasteiger partial charge in [0, 0.05) is 0 Å². The molecule has 1 aromatic rings. The molecule has 94 valence electrons. The summed E-state index contributed by atoms with van der Waals surface area (Å²) in [5.74, 6) is 0.761. The Bertz CT molecular complexity index is 352. The Morgan fingerprint density at radius 3 is 2.24 bits per heavy atom. The maximum atomic E-state index is 10.4. The van der Waals surface area contributed by atoms with Gasteiger partial charge in [-0.05, 0) is 30.5 Å². The molecule has 2 N–H and O–H groups in total. The monoisotopic (exact) mass is 236 g/mol. The fourth-order valence-corrected chi connectivity index (χ4v) is 2.53. The molecule has 0 aromatic heterocycles. The number of hydrogen-bond acceptors (Lipinski definition) is 3. The maximum Gasteiger partial charge on any atom is 0.118 e. The number of aliphatic hydroxyl groups is 2. The smallest absolute Gasteiger partial charge is 0.118 e. The molecule has 0 bridgehead atoms. The second-order valence-corrected chi connectivity index (χ2v) is 4.84. The number of hydrogen-bond donors (Lipinski definition) is 2. The van der Waals surface area contributed by atoms with Crippen LogP contribution in [0.25, 0.3) is 0 Å². The van der Waals surface area contributed by atoms with Crippen LogP contribution in [0.5, 0.6) is 5.75 Å². The highest BCUT2D eigenvalue weighted by Crippen LogP contribution is 2.38. The van der Waals surface area contributed by atoms with Crippen LogP contribution in [0.2, 0.25) is 0 Å². The van der Waals surface area contributed by atoms with Crippen LogP contribution in [0.4, 0.5) is 0 Å². The third-order valence-corrected chi connectivity index (χ3v) is 3.66. The van der Waals surface area contributed by atoms with Gasteiger partial charge in [0.2, 0.25) is 0 Å². The topological polar surface area (TPSA) is 49.7 Å². The molecule has 0 heterocycles. The predicted octanol–water partition coefficient (Wildman–Crippen LogP) is 2.42. The Hall–Kier alpha value is -1.06. The third kappa shape index (κ3) is 2.61. The second-order valence-electron chi connectivity index (χ2n) is 4.84. The Balaban J connectivity index is 2.14. The van der Waals surface area contributed by atoms with Crippen molar-refractivity contribution in [1.29, 1.82) is 0 Å². The second kappa shape index (κ2) is 5.07. The summed E-state index contributed by atoms with van der Waals surface area (Å²) >= 11 is 0. The summed E-state index contributed by atoms with van der Waals surface area (Å²) in [6, 6.07) is 7.25. The van der Waals surface area contributed by atoms with E-state index in [0.717, 1.165) is 30.6 Å². The van der Waals surface area contributed by atoms with Gasteiger partial charge in [-0.3, -0.25) is 0 Å². The number of rotatable bonds is 3. The summed E-state index contributed by atoms with van der Waals surface area (Å²) in [5, 5.41) is 20.7. The average molecular weight is 236 g/mol. The first kappa shape index (κ1) is 12.4. The highest BCUT2D eigenvalue weighted by molar-refractivity contribution is 5.29. The van der Waals surface area contributed by atoms with Gasteiger partial charge in [0.1, 0.15) is 11.9 Å². The molecule has 17 heavy (non-hydrogen) atoms. The molecular formula is C14H20O3. The summed E-state index contributed by atoms with van der Waals surface area (Å²) < 4.78 is 5.08. The van der Waals surface area contributed by atoms with E-state index in [0.29, 0.717) is 12.8 Å². The maximum absolute atomic E-state index is 10.4. The van der Waals surface area contributed by atoms with Crippen molar-refractivity contribution in [3.8, 4) is 5.75 Å². The molecule has 1 aromatic carbocycles. The summed E-state index contributed by atoms with van der Waals surface area (Å²) in [5.41, 5.74) is -0.192. The SMILES string of the molecule is COc1ccc(C(O)C2(O)CCCCC2)cc1. The van der Waals surface area contributed by atoms with E-state index < -0.39 is 11.7 Å². The molecule has 0 aliphatic heterocycles. The first-order valence-corrected chi connectivity index (χ1v) is 6.20. The molecule has 0 saturated heterocycles. The first-order valence-electron chi connectivity index (χ1n) is 6.20. The molecule has 1 unspecified atom stereocenters. The number of methoxy groups -OCH3 is 1. The minimum atomic E-state index is -0.952. The van der Waals surface area contributed by atoms with Crippen molar-refractivity contribution in [2.45, 2.75) is 43.8 Å². The van der Waals surface area contributed by atoms with E-state index in [1.54, 1.807) is 7.11 Å². The van der Waals surface area contributed by atoms with Crippen LogP contribution in [0.15, 0.2) is 24.3 Å². The van der Waals surface area contributed by atoms with Crippen LogP contribution in [0.1, 0.15) is 43.8 Å². The third-order valence-electron chi connectivity index (χ3n) is 3.66. The van der Waals surface area contributed by atoms with Crippen molar-refractivity contribution in [3.05, 3.63) is 29.8 Å². The van der Waals surface area contributed by atoms with Crippen molar-refractivity contribution in [1.82, 2.24) is 0 Å². The lowest BCUT2D eigenvalue weighted by Crippen LogP contribution is -2.38. The van der Waals surface area contributed by atoms with Crippen molar-refractivity contribution in [3.63, 3.8) is 0 Å². The molecule has 3 nitrogen and oxygen atoms in total. The van der Waals surface area contributed by atoms with Gasteiger partial charge in [-0.15, -0.1) is 0 Å². The van der Waals surface area contributed by atoms with Gasteiger partial charge < -0.3 is 14.9 Å². The number of ether oxygens (including phenoxy) is 1. The lowest BCUT2D eigenvalue weighted by Gasteiger charge is -2.36. The standard InChI is InChI=1S/C14H20O3/c1-17-12-7-5-11(6-8-12)13(15)14(16)9-3-2-4-10-14/h5-8,13,15-16H,2-4,9-10H2,1H3. The molecule has 1 aliphatic rings. The van der Waals surface area contributed by atoms with Crippen LogP contribution in [-0.4, -0.2) is 22.9 Å². The van der Waals surface area contributed by atoms with Crippen molar-refractivity contribution < 1.29 is 14.9 Å². The molecule has 0 amide bonds. The fraction of sp³-hybridized carbons (Fsp3) is 0.571. The van der Waals surface area contributed by atoms with Crippen LogP contribution >= 0.6 is 0 Å². The Labute approximate surface area is 102 Å². The Kier molecular flexibility index (Phi) is 3.69. The molecule has 0 radical (unpaired) electrons. The lowest BCUT2D eigenvalue weighted by molar-refractivity contribution is -0.0991. The zero-order valence-electron chi connectivity index (χ0n) is 10.2. The summed E-state index contributed by atoms with van der Waals surface area (Å²) in [7, 11) is 1.61. The van der Waals surface area contributed by atoms with Crippen molar-refractivity contribution in [2.24, 2.45) is 0 Å². The van der Waals surface area contributed by atoms with Gasteiger partial charge >= 0.3 is 0 Å². The minimum Gasteiger partial charge on any atom is -0.497 e. The largest absolute Gasteiger partial charge is 0.497 e. The molecule has 0 spiro atoms. The molecule has 1 fully saturated rings. The number of aliphatic hydroxyl groups excluding tert-OH is 1. The zero-order chi connectivity index (χ0) is 12.3. The van der Waals surface area contributed by atoms with Gasteiger partial charge in [-0.1, -0.05) is 31.4 Å². The Morgan fingerprint density at radius 2 is 1.71 bits per heavy atom. The van der Waals surface area contributed by atoms with E-state index in [-0.39, 0.29) is 0 Å². The summed E-state index contributed by atoms with van der Waals surface area (Å²) in [6.45, 7) is 0. The first-order chi connectivity index (χ1) is 8.15. The minimum absolute atomic E-state index is 0.681. The molecular weight excluding hydrogens is 216 g/mol. The van der Waals surface area contributed by atoms with Crippen LogP contribution in [-0.2, 0) is 0 Å². The van der Waals surface area contributed by atoms with E-state index in [1.165, 1.54) is 0 Å². The molecule has 2 rings (SSSR count). The molecule has 3 heteroatoms. The van der Waals surface area contributed by atoms with E-state index in [9.17, 15) is 10.2 Å². The average Bonchev–Trinajstić information content (AvgIpc) is 2.39. The van der Waals surface area contributed by atoms with Crippen LogP contribution < -0.4 is 4.74 Å². The van der Waals surface area contributed by atoms with Crippen molar-refractivity contribution in [2.75, 3.05) is 7.11 Å². The van der Waals surface area contributed by atoms with Gasteiger partial charge in [0.05, 0.1) is 12.7 Å². The highest BCUT2D eigenvalue weighted by Gasteiger charge is 2.37. The van der Waals surface area contributed by atoms with Gasteiger partial charge in [-0.2, -0.15) is 0 Å².